The van der Waals surface area contributed by atoms with Gasteiger partial charge in [-0.3, -0.25) is 0 Å². The standard InChI is InChI=1S/C15H16O3/c1-18-13-10-6-5-9-12(13)15(17)14(16)11-7-3-2-4-8-11/h2-10,14-17H,1H3/t14-,15+/m1/s1. The molecule has 0 fully saturated rings. The second kappa shape index (κ2) is 5.67. The van der Waals surface area contributed by atoms with Gasteiger partial charge >= 0.3 is 0 Å². The maximum Gasteiger partial charge on any atom is 0.124 e. The Labute approximate surface area is 106 Å². The van der Waals surface area contributed by atoms with Gasteiger partial charge in [-0.15, -0.1) is 0 Å². The first-order valence-electron chi connectivity index (χ1n) is 5.78. The molecule has 2 atom stereocenters. The summed E-state index contributed by atoms with van der Waals surface area (Å²) in [5.74, 6) is 0.569. The monoisotopic (exact) mass is 244 g/mol. The van der Waals surface area contributed by atoms with Gasteiger partial charge in [0, 0.05) is 5.56 Å². The second-order valence-corrected chi connectivity index (χ2v) is 4.04. The van der Waals surface area contributed by atoms with Crippen molar-refractivity contribution in [3.63, 3.8) is 0 Å². The Bertz CT molecular complexity index is 496. The summed E-state index contributed by atoms with van der Waals surface area (Å²) < 4.78 is 5.18. The second-order valence-electron chi connectivity index (χ2n) is 4.04. The number of rotatable bonds is 4. The van der Waals surface area contributed by atoms with E-state index in [1.165, 1.54) is 0 Å². The van der Waals surface area contributed by atoms with E-state index in [0.717, 1.165) is 0 Å². The number of benzene rings is 2. The quantitative estimate of drug-likeness (QED) is 0.868. The fourth-order valence-electron chi connectivity index (χ4n) is 1.91. The molecule has 0 spiro atoms. The molecule has 2 aromatic rings. The third-order valence-electron chi connectivity index (χ3n) is 2.90. The van der Waals surface area contributed by atoms with Crippen LogP contribution in [-0.2, 0) is 0 Å². The third-order valence-corrected chi connectivity index (χ3v) is 2.90. The van der Waals surface area contributed by atoms with Crippen molar-refractivity contribution in [2.75, 3.05) is 7.11 Å². The zero-order chi connectivity index (χ0) is 13.0. The van der Waals surface area contributed by atoms with E-state index in [0.29, 0.717) is 16.9 Å². The van der Waals surface area contributed by atoms with Crippen molar-refractivity contribution >= 4 is 0 Å². The Morgan fingerprint density at radius 3 is 2.11 bits per heavy atom. The van der Waals surface area contributed by atoms with E-state index in [4.69, 9.17) is 4.74 Å². The van der Waals surface area contributed by atoms with Crippen molar-refractivity contribution in [2.24, 2.45) is 0 Å². The number of ether oxygens (including phenoxy) is 1. The normalized spacial score (nSPS) is 13.9. The number of aliphatic hydroxyl groups is 2. The predicted octanol–water partition coefficient (Wildman–Crippen LogP) is 2.46. The van der Waals surface area contributed by atoms with Gasteiger partial charge < -0.3 is 14.9 Å². The highest BCUT2D eigenvalue weighted by Gasteiger charge is 2.22. The van der Waals surface area contributed by atoms with Crippen LogP contribution < -0.4 is 4.74 Å². The molecule has 0 aliphatic rings. The van der Waals surface area contributed by atoms with Crippen molar-refractivity contribution in [1.29, 1.82) is 0 Å². The van der Waals surface area contributed by atoms with Crippen LogP contribution in [0.1, 0.15) is 23.3 Å². The van der Waals surface area contributed by atoms with Gasteiger partial charge in [-0.25, -0.2) is 0 Å². The van der Waals surface area contributed by atoms with Crippen LogP contribution in [-0.4, -0.2) is 17.3 Å². The van der Waals surface area contributed by atoms with Crippen LogP contribution in [0.4, 0.5) is 0 Å². The SMILES string of the molecule is COc1ccccc1[C@H](O)[C@H](O)c1ccccc1. The molecule has 2 rings (SSSR count). The average Bonchev–Trinajstić information content (AvgIpc) is 2.46. The lowest BCUT2D eigenvalue weighted by Crippen LogP contribution is -2.11. The lowest BCUT2D eigenvalue weighted by molar-refractivity contribution is 0.0159. The molecule has 0 amide bonds. The maximum atomic E-state index is 10.2. The first-order chi connectivity index (χ1) is 8.74. The lowest BCUT2D eigenvalue weighted by atomic mass is 9.98. The van der Waals surface area contributed by atoms with Crippen LogP contribution in [0.5, 0.6) is 5.75 Å². The Kier molecular flexibility index (Phi) is 3.97. The fourth-order valence-corrected chi connectivity index (χ4v) is 1.91. The van der Waals surface area contributed by atoms with E-state index in [-0.39, 0.29) is 0 Å². The molecule has 0 aromatic heterocycles. The predicted molar refractivity (Wildman–Crippen MR) is 69.4 cm³/mol. The minimum absolute atomic E-state index is 0.569. The molecule has 0 radical (unpaired) electrons. The van der Waals surface area contributed by atoms with Crippen LogP contribution in [0.25, 0.3) is 0 Å². The van der Waals surface area contributed by atoms with Gasteiger partial charge in [0.05, 0.1) is 7.11 Å². The van der Waals surface area contributed by atoms with Crippen LogP contribution in [0.15, 0.2) is 54.6 Å². The summed E-state index contributed by atoms with van der Waals surface area (Å²) in [7, 11) is 1.54. The van der Waals surface area contributed by atoms with Crippen molar-refractivity contribution in [3.8, 4) is 5.75 Å². The molecule has 0 aliphatic carbocycles. The van der Waals surface area contributed by atoms with Crippen molar-refractivity contribution < 1.29 is 14.9 Å². The zero-order valence-corrected chi connectivity index (χ0v) is 10.2. The molecule has 94 valence electrons. The van der Waals surface area contributed by atoms with Crippen molar-refractivity contribution in [2.45, 2.75) is 12.2 Å². The summed E-state index contributed by atoms with van der Waals surface area (Å²) in [4.78, 5) is 0. The van der Waals surface area contributed by atoms with Gasteiger partial charge in [0.1, 0.15) is 18.0 Å². The van der Waals surface area contributed by atoms with E-state index in [1.807, 2.05) is 24.3 Å². The largest absolute Gasteiger partial charge is 0.496 e. The number of methoxy groups -OCH3 is 1. The molecule has 18 heavy (non-hydrogen) atoms. The highest BCUT2D eigenvalue weighted by Crippen LogP contribution is 2.33. The summed E-state index contributed by atoms with van der Waals surface area (Å²) >= 11 is 0. The van der Waals surface area contributed by atoms with E-state index < -0.39 is 12.2 Å². The van der Waals surface area contributed by atoms with E-state index in [9.17, 15) is 10.2 Å². The fraction of sp³-hybridized carbons (Fsp3) is 0.200. The summed E-state index contributed by atoms with van der Waals surface area (Å²) in [5, 5.41) is 20.4. The van der Waals surface area contributed by atoms with Gasteiger partial charge in [0.25, 0.3) is 0 Å². The van der Waals surface area contributed by atoms with Gasteiger partial charge in [-0.1, -0.05) is 48.5 Å². The minimum atomic E-state index is -1.01. The van der Waals surface area contributed by atoms with Crippen LogP contribution >= 0.6 is 0 Å². The summed E-state index contributed by atoms with van der Waals surface area (Å²) in [6.07, 6.45) is -1.98. The molecule has 0 unspecified atom stereocenters. The number of aliphatic hydroxyl groups excluding tert-OH is 2. The number of hydrogen-bond acceptors (Lipinski definition) is 3. The molecule has 2 aromatic carbocycles. The number of hydrogen-bond donors (Lipinski definition) is 2. The van der Waals surface area contributed by atoms with E-state index >= 15 is 0 Å². The molecule has 3 nitrogen and oxygen atoms in total. The maximum absolute atomic E-state index is 10.2. The molecule has 0 bridgehead atoms. The molecular weight excluding hydrogens is 228 g/mol. The smallest absolute Gasteiger partial charge is 0.124 e. The summed E-state index contributed by atoms with van der Waals surface area (Å²) in [5.41, 5.74) is 1.26. The van der Waals surface area contributed by atoms with Gasteiger partial charge in [0.15, 0.2) is 0 Å². The molecule has 2 N–H and O–H groups in total. The van der Waals surface area contributed by atoms with Gasteiger partial charge in [-0.05, 0) is 11.6 Å². The molecular formula is C15H16O3. The minimum Gasteiger partial charge on any atom is -0.496 e. The highest BCUT2D eigenvalue weighted by molar-refractivity contribution is 5.36. The van der Waals surface area contributed by atoms with Gasteiger partial charge in [0.2, 0.25) is 0 Å². The summed E-state index contributed by atoms with van der Waals surface area (Å²) in [6.45, 7) is 0. The molecule has 0 aliphatic heterocycles. The topological polar surface area (TPSA) is 49.7 Å². The zero-order valence-electron chi connectivity index (χ0n) is 10.2. The number of para-hydroxylation sites is 1. The first-order valence-corrected chi connectivity index (χ1v) is 5.78. The van der Waals surface area contributed by atoms with E-state index in [1.54, 1.807) is 37.4 Å². The molecule has 3 heteroatoms. The van der Waals surface area contributed by atoms with Crippen LogP contribution in [0.3, 0.4) is 0 Å². The lowest BCUT2D eigenvalue weighted by Gasteiger charge is -2.20. The van der Waals surface area contributed by atoms with E-state index in [2.05, 4.69) is 0 Å². The average molecular weight is 244 g/mol. The Morgan fingerprint density at radius 2 is 1.44 bits per heavy atom. The highest BCUT2D eigenvalue weighted by atomic mass is 16.5. The van der Waals surface area contributed by atoms with Crippen LogP contribution in [0, 0.1) is 0 Å². The first kappa shape index (κ1) is 12.6. The van der Waals surface area contributed by atoms with Crippen molar-refractivity contribution in [3.05, 3.63) is 65.7 Å². The Balaban J connectivity index is 2.28. The molecule has 0 saturated heterocycles. The summed E-state index contributed by atoms with van der Waals surface area (Å²) in [6, 6.07) is 16.2. The molecule has 0 saturated carbocycles. The molecule has 0 heterocycles. The Hall–Kier alpha value is -1.84. The van der Waals surface area contributed by atoms with Gasteiger partial charge in [-0.2, -0.15) is 0 Å². The van der Waals surface area contributed by atoms with Crippen molar-refractivity contribution in [1.82, 2.24) is 0 Å². The third kappa shape index (κ3) is 2.53. The van der Waals surface area contributed by atoms with Crippen LogP contribution in [0.2, 0.25) is 0 Å². The Morgan fingerprint density at radius 1 is 0.833 bits per heavy atom.